The van der Waals surface area contributed by atoms with Gasteiger partial charge in [0, 0.05) is 30.3 Å². The molecule has 2 amide bonds. The number of amides is 2. The molecule has 1 spiro atoms. The van der Waals surface area contributed by atoms with Crippen LogP contribution in [0.2, 0.25) is 5.02 Å². The number of hydrogen-bond acceptors (Lipinski definition) is 5. The van der Waals surface area contributed by atoms with Gasteiger partial charge in [-0.25, -0.2) is 0 Å². The van der Waals surface area contributed by atoms with Gasteiger partial charge >= 0.3 is 0 Å². The average molecular weight is 553 g/mol. The van der Waals surface area contributed by atoms with Crippen molar-refractivity contribution in [1.29, 1.82) is 5.26 Å². The number of nitriles is 1. The van der Waals surface area contributed by atoms with Gasteiger partial charge < -0.3 is 19.9 Å². The molecule has 2 aliphatic carbocycles. The maximum Gasteiger partial charge on any atom is 0.271 e. The number of likely N-dealkylation sites (tertiary alicyclic amines) is 1. The molecule has 1 saturated heterocycles. The number of nitrogens with one attached hydrogen (secondary N) is 2. The number of methoxy groups -OCH3 is 1. The molecule has 2 aromatic rings. The fraction of sp³-hybridized carbons (Fsp3) is 0.600. The second-order valence-electron chi connectivity index (χ2n) is 12.6. The number of fused-ring (bicyclic) bond motifs is 1. The van der Waals surface area contributed by atoms with Crippen LogP contribution >= 0.6 is 11.6 Å². The average Bonchev–Trinajstić information content (AvgIpc) is 3.56. The number of benzene rings is 1. The SMILES string of the molecule is COc1cc(Cl)c2[nH]c(C(=O)N3CC4(CCCCC4)CC3C(=O)NC(C#N)CC3CC(C)(C)CC3=O)cc2c1. The smallest absolute Gasteiger partial charge is 0.271 e. The summed E-state index contributed by atoms with van der Waals surface area (Å²) in [6.07, 6.45) is 7.37. The highest BCUT2D eigenvalue weighted by Crippen LogP contribution is 2.47. The summed E-state index contributed by atoms with van der Waals surface area (Å²) in [7, 11) is 1.56. The Hall–Kier alpha value is -3.05. The predicted molar refractivity (Wildman–Crippen MR) is 148 cm³/mol. The normalized spacial score (nSPS) is 24.6. The Kier molecular flexibility index (Phi) is 7.41. The van der Waals surface area contributed by atoms with E-state index in [0.29, 0.717) is 54.2 Å². The van der Waals surface area contributed by atoms with Crippen LogP contribution in [0, 0.1) is 28.1 Å². The topological polar surface area (TPSA) is 115 Å². The largest absolute Gasteiger partial charge is 0.497 e. The molecule has 2 saturated carbocycles. The van der Waals surface area contributed by atoms with Crippen molar-refractivity contribution in [3.05, 3.63) is 28.9 Å². The Labute approximate surface area is 234 Å². The molecule has 3 fully saturated rings. The Morgan fingerprint density at radius 1 is 1.23 bits per heavy atom. The number of ketones is 1. The van der Waals surface area contributed by atoms with Crippen molar-refractivity contribution < 1.29 is 19.1 Å². The Morgan fingerprint density at radius 3 is 2.62 bits per heavy atom. The van der Waals surface area contributed by atoms with E-state index in [1.54, 1.807) is 24.1 Å². The highest BCUT2D eigenvalue weighted by molar-refractivity contribution is 6.35. The number of Topliss-reactive ketones (excluding diaryl/α,β-unsaturated/α-hetero) is 1. The van der Waals surface area contributed by atoms with Crippen LogP contribution in [0.5, 0.6) is 5.75 Å². The molecule has 3 atom stereocenters. The second kappa shape index (κ2) is 10.5. The van der Waals surface area contributed by atoms with Crippen molar-refractivity contribution in [2.75, 3.05) is 13.7 Å². The van der Waals surface area contributed by atoms with Gasteiger partial charge in [-0.2, -0.15) is 5.26 Å². The van der Waals surface area contributed by atoms with Crippen LogP contribution in [-0.4, -0.2) is 53.2 Å². The van der Waals surface area contributed by atoms with E-state index >= 15 is 0 Å². The summed E-state index contributed by atoms with van der Waals surface area (Å²) in [5, 5.41) is 14.0. The van der Waals surface area contributed by atoms with Gasteiger partial charge in [0.2, 0.25) is 5.91 Å². The molecule has 3 aliphatic rings. The van der Waals surface area contributed by atoms with Crippen molar-refractivity contribution in [2.45, 2.75) is 83.7 Å². The quantitative estimate of drug-likeness (QED) is 0.498. The molecular weight excluding hydrogens is 516 g/mol. The first-order chi connectivity index (χ1) is 18.5. The monoisotopic (exact) mass is 552 g/mol. The van der Waals surface area contributed by atoms with Crippen molar-refractivity contribution in [1.82, 2.24) is 15.2 Å². The maximum atomic E-state index is 13.9. The first-order valence-corrected chi connectivity index (χ1v) is 14.3. The molecule has 5 rings (SSSR count). The number of hydrogen-bond donors (Lipinski definition) is 2. The minimum Gasteiger partial charge on any atom is -0.497 e. The van der Waals surface area contributed by atoms with Gasteiger partial charge in [-0.05, 0) is 55.1 Å². The molecule has 0 radical (unpaired) electrons. The Morgan fingerprint density at radius 2 is 1.97 bits per heavy atom. The molecule has 3 unspecified atom stereocenters. The summed E-state index contributed by atoms with van der Waals surface area (Å²) in [4.78, 5) is 44.9. The van der Waals surface area contributed by atoms with Gasteiger partial charge in [0.05, 0.1) is 23.7 Å². The zero-order chi connectivity index (χ0) is 27.9. The number of carbonyl (C=O) groups excluding carboxylic acids is 3. The number of rotatable bonds is 6. The van der Waals surface area contributed by atoms with E-state index in [0.717, 1.165) is 37.5 Å². The third kappa shape index (κ3) is 5.51. The summed E-state index contributed by atoms with van der Waals surface area (Å²) in [6.45, 7) is 4.62. The van der Waals surface area contributed by atoms with Gasteiger partial charge in [-0.15, -0.1) is 0 Å². The van der Waals surface area contributed by atoms with Crippen molar-refractivity contribution in [3.63, 3.8) is 0 Å². The van der Waals surface area contributed by atoms with Gasteiger partial charge in [0.15, 0.2) is 0 Å². The number of nitrogens with zero attached hydrogens (tertiary/aromatic N) is 2. The summed E-state index contributed by atoms with van der Waals surface area (Å²) in [5.41, 5.74) is 0.819. The maximum absolute atomic E-state index is 13.9. The summed E-state index contributed by atoms with van der Waals surface area (Å²) in [5.74, 6) is -0.0637. The third-order valence-electron chi connectivity index (χ3n) is 9.01. The van der Waals surface area contributed by atoms with E-state index in [1.807, 2.05) is 6.07 Å². The molecule has 1 aromatic heterocycles. The molecule has 8 nitrogen and oxygen atoms in total. The molecule has 9 heteroatoms. The highest BCUT2D eigenvalue weighted by Gasteiger charge is 2.49. The fourth-order valence-electron chi connectivity index (χ4n) is 7.11. The summed E-state index contributed by atoms with van der Waals surface area (Å²) >= 11 is 6.43. The zero-order valence-electron chi connectivity index (χ0n) is 22.9. The van der Waals surface area contributed by atoms with Gasteiger partial charge in [0.25, 0.3) is 5.91 Å². The van der Waals surface area contributed by atoms with Crippen molar-refractivity contribution in [3.8, 4) is 11.8 Å². The molecule has 1 aliphatic heterocycles. The lowest BCUT2D eigenvalue weighted by atomic mass is 9.72. The number of H-pyrrole nitrogens is 1. The fourth-order valence-corrected chi connectivity index (χ4v) is 7.37. The van der Waals surface area contributed by atoms with Crippen LogP contribution in [0.25, 0.3) is 10.9 Å². The van der Waals surface area contributed by atoms with E-state index in [4.69, 9.17) is 16.3 Å². The van der Waals surface area contributed by atoms with Crippen LogP contribution in [-0.2, 0) is 9.59 Å². The number of ether oxygens (including phenoxy) is 1. The van der Waals surface area contributed by atoms with Crippen LogP contribution in [0.3, 0.4) is 0 Å². The van der Waals surface area contributed by atoms with Crippen LogP contribution in [0.15, 0.2) is 18.2 Å². The molecule has 39 heavy (non-hydrogen) atoms. The van der Waals surface area contributed by atoms with Gasteiger partial charge in [0.1, 0.15) is 29.3 Å². The lowest BCUT2D eigenvalue weighted by molar-refractivity contribution is -0.126. The molecule has 2 N–H and O–H groups in total. The van der Waals surface area contributed by atoms with Gasteiger partial charge in [-0.1, -0.05) is 44.7 Å². The zero-order valence-corrected chi connectivity index (χ0v) is 23.7. The third-order valence-corrected chi connectivity index (χ3v) is 9.30. The number of aromatic nitrogens is 1. The van der Waals surface area contributed by atoms with Crippen LogP contribution < -0.4 is 10.1 Å². The van der Waals surface area contributed by atoms with E-state index in [2.05, 4.69) is 30.2 Å². The Bertz CT molecular complexity index is 1340. The lowest BCUT2D eigenvalue weighted by Gasteiger charge is -2.32. The molecule has 2 heterocycles. The first-order valence-electron chi connectivity index (χ1n) is 13.9. The second-order valence-corrected chi connectivity index (χ2v) is 13.0. The number of carbonyl (C=O) groups is 3. The Balaban J connectivity index is 1.38. The molecule has 1 aromatic carbocycles. The van der Waals surface area contributed by atoms with Crippen molar-refractivity contribution >= 4 is 40.1 Å². The van der Waals surface area contributed by atoms with Gasteiger partial charge in [-0.3, -0.25) is 14.4 Å². The minimum absolute atomic E-state index is 0.0830. The standard InChI is InChI=1S/C30H37ClN4O4/c1-29(2)13-19(25(36)15-29)9-20(16-32)33-27(37)24-14-30(7-5-4-6-8-30)17-35(24)28(38)23-11-18-10-21(39-3)12-22(31)26(18)34-23/h10-12,19-20,24,34H,4-9,13-15,17H2,1-3H3,(H,33,37). The number of halogens is 1. The number of aromatic amines is 1. The van der Waals surface area contributed by atoms with Crippen LogP contribution in [0.4, 0.5) is 0 Å². The molecule has 0 bridgehead atoms. The van der Waals surface area contributed by atoms with E-state index in [-0.39, 0.29) is 34.3 Å². The highest BCUT2D eigenvalue weighted by atomic mass is 35.5. The molecule has 208 valence electrons. The van der Waals surface area contributed by atoms with E-state index in [9.17, 15) is 19.6 Å². The van der Waals surface area contributed by atoms with Crippen molar-refractivity contribution in [2.24, 2.45) is 16.7 Å². The summed E-state index contributed by atoms with van der Waals surface area (Å²) in [6, 6.07) is 5.99. The minimum atomic E-state index is -0.778. The van der Waals surface area contributed by atoms with E-state index < -0.39 is 12.1 Å². The van der Waals surface area contributed by atoms with Crippen LogP contribution in [0.1, 0.15) is 82.1 Å². The first kappa shape index (κ1) is 27.5. The van der Waals surface area contributed by atoms with E-state index in [1.165, 1.54) is 0 Å². The lowest BCUT2D eigenvalue weighted by Crippen LogP contribution is -2.49. The summed E-state index contributed by atoms with van der Waals surface area (Å²) < 4.78 is 5.32. The molecular formula is C30H37ClN4O4. The predicted octanol–water partition coefficient (Wildman–Crippen LogP) is 5.40.